The first kappa shape index (κ1) is 41.1. The second-order valence-electron chi connectivity index (χ2n) is 17.0. The summed E-state index contributed by atoms with van der Waals surface area (Å²) in [6.45, 7) is 16.6. The van der Waals surface area contributed by atoms with E-state index in [1.54, 1.807) is 0 Å². The van der Waals surface area contributed by atoms with E-state index < -0.39 is 24.6 Å². The first-order valence-electron chi connectivity index (χ1n) is 20.6. The van der Waals surface area contributed by atoms with Gasteiger partial charge in [-0.05, 0) is 61.5 Å². The van der Waals surface area contributed by atoms with E-state index in [1.807, 2.05) is 49.9 Å². The van der Waals surface area contributed by atoms with Crippen LogP contribution in [0.15, 0.2) is 60.9 Å². The Balaban J connectivity index is 1.03. The van der Waals surface area contributed by atoms with Gasteiger partial charge in [0, 0.05) is 35.6 Å². The topological polar surface area (TPSA) is 167 Å². The quantitative estimate of drug-likeness (QED) is 0.118. The molecule has 3 fully saturated rings. The number of hydrogen-bond donors (Lipinski definition) is 4. The lowest BCUT2D eigenvalue weighted by Crippen LogP contribution is -2.57. The molecule has 310 valence electrons. The number of benzene rings is 2. The molecule has 58 heavy (non-hydrogen) atoms. The molecule has 3 aliphatic heterocycles. The number of carbonyl (C=O) groups is 3. The van der Waals surface area contributed by atoms with Crippen molar-refractivity contribution in [3.8, 4) is 33.6 Å². The van der Waals surface area contributed by atoms with E-state index in [0.717, 1.165) is 58.1 Å². The third kappa shape index (κ3) is 8.14. The fourth-order valence-corrected chi connectivity index (χ4v) is 8.56. The summed E-state index contributed by atoms with van der Waals surface area (Å²) in [6, 6.07) is 15.1. The van der Waals surface area contributed by atoms with Crippen LogP contribution in [0.2, 0.25) is 0 Å². The first-order valence-corrected chi connectivity index (χ1v) is 20.6. The minimum absolute atomic E-state index is 0.0255. The maximum Gasteiger partial charge on any atom is 0.407 e. The number of carbonyl (C=O) groups excluding carboxylic acids is 3. The third-order valence-corrected chi connectivity index (χ3v) is 12.5. The SMILES string of the molecule is COC(=O)N[C@H](C(=O)N1[C@H](C)[C@H](C)C[C@H]1c1nc(-c2ccc(-c3ccc(-c4c[nH]c([C@@H]5C[C@@H](C)[C@@H](C)N5C(=O)[C@@H](NC5OCO5)C(C)C)n4)cc3)cc2)c[nH]1)C(C)C. The van der Waals surface area contributed by atoms with Crippen molar-refractivity contribution in [3.05, 3.63) is 72.6 Å². The normalized spacial score (nSPS) is 24.6. The van der Waals surface area contributed by atoms with E-state index in [-0.39, 0.29) is 60.5 Å². The zero-order chi connectivity index (χ0) is 41.4. The predicted molar refractivity (Wildman–Crippen MR) is 219 cm³/mol. The predicted octanol–water partition coefficient (Wildman–Crippen LogP) is 7.01. The Bertz CT molecular complexity index is 2060. The van der Waals surface area contributed by atoms with Gasteiger partial charge in [-0.1, -0.05) is 90.1 Å². The Hall–Kier alpha value is -5.05. The summed E-state index contributed by atoms with van der Waals surface area (Å²) < 4.78 is 15.6. The van der Waals surface area contributed by atoms with Crippen LogP contribution in [0.4, 0.5) is 4.79 Å². The number of likely N-dealkylation sites (tertiary alicyclic amines) is 2. The van der Waals surface area contributed by atoms with E-state index in [4.69, 9.17) is 24.2 Å². The zero-order valence-electron chi connectivity index (χ0n) is 35.0. The van der Waals surface area contributed by atoms with Crippen LogP contribution in [0.1, 0.15) is 92.0 Å². The molecule has 3 aliphatic rings. The molecule has 0 saturated carbocycles. The lowest BCUT2D eigenvalue weighted by Gasteiger charge is -2.37. The van der Waals surface area contributed by atoms with E-state index in [0.29, 0.717) is 5.92 Å². The number of methoxy groups -OCH3 is 1. The largest absolute Gasteiger partial charge is 0.453 e. The molecule has 0 bridgehead atoms. The zero-order valence-corrected chi connectivity index (χ0v) is 35.0. The summed E-state index contributed by atoms with van der Waals surface area (Å²) in [6.07, 6.45) is 4.21. The van der Waals surface area contributed by atoms with Crippen LogP contribution in [0.5, 0.6) is 0 Å². The van der Waals surface area contributed by atoms with E-state index >= 15 is 0 Å². The minimum atomic E-state index is -0.710. The second-order valence-corrected chi connectivity index (χ2v) is 17.0. The summed E-state index contributed by atoms with van der Waals surface area (Å²) in [5.41, 5.74) is 5.69. The van der Waals surface area contributed by atoms with Crippen LogP contribution >= 0.6 is 0 Å². The Morgan fingerprint density at radius 2 is 1.10 bits per heavy atom. The van der Waals surface area contributed by atoms with E-state index in [9.17, 15) is 14.4 Å². The number of rotatable bonds is 12. The maximum atomic E-state index is 14.0. The van der Waals surface area contributed by atoms with Crippen molar-refractivity contribution in [2.45, 2.75) is 111 Å². The Kier molecular flexibility index (Phi) is 12.1. The molecule has 0 unspecified atom stereocenters. The highest BCUT2D eigenvalue weighted by Crippen LogP contribution is 2.42. The van der Waals surface area contributed by atoms with Crippen molar-refractivity contribution in [1.29, 1.82) is 0 Å². The second kappa shape index (κ2) is 17.0. The molecular formula is C44H58N8O6. The molecule has 0 spiro atoms. The minimum Gasteiger partial charge on any atom is -0.453 e. The van der Waals surface area contributed by atoms with Crippen LogP contribution in [0.3, 0.4) is 0 Å². The number of hydrogen-bond acceptors (Lipinski definition) is 9. The van der Waals surface area contributed by atoms with Gasteiger partial charge in [-0.3, -0.25) is 14.9 Å². The molecule has 4 aromatic rings. The van der Waals surface area contributed by atoms with Gasteiger partial charge >= 0.3 is 6.09 Å². The number of nitrogens with one attached hydrogen (secondary N) is 4. The van der Waals surface area contributed by atoms with Gasteiger partial charge in [0.05, 0.1) is 36.6 Å². The van der Waals surface area contributed by atoms with Gasteiger partial charge in [-0.2, -0.15) is 0 Å². The highest BCUT2D eigenvalue weighted by Gasteiger charge is 2.46. The smallest absolute Gasteiger partial charge is 0.407 e. The molecule has 5 heterocycles. The number of ether oxygens (including phenoxy) is 3. The van der Waals surface area contributed by atoms with Crippen molar-refractivity contribution < 1.29 is 28.6 Å². The molecule has 2 aromatic carbocycles. The summed E-state index contributed by atoms with van der Waals surface area (Å²) in [5.74, 6) is 1.89. The Morgan fingerprint density at radius 1 is 0.690 bits per heavy atom. The highest BCUT2D eigenvalue weighted by atomic mass is 16.9. The molecule has 4 N–H and O–H groups in total. The van der Waals surface area contributed by atoms with Gasteiger partial charge < -0.3 is 39.3 Å². The Labute approximate surface area is 340 Å². The number of nitrogens with zero attached hydrogens (tertiary/aromatic N) is 4. The molecule has 14 heteroatoms. The average Bonchev–Trinajstić information content (AvgIpc) is 4.00. The number of aromatic amines is 2. The molecule has 7 rings (SSSR count). The summed E-state index contributed by atoms with van der Waals surface area (Å²) in [7, 11) is 1.30. The van der Waals surface area contributed by atoms with Crippen LogP contribution < -0.4 is 10.6 Å². The summed E-state index contributed by atoms with van der Waals surface area (Å²) >= 11 is 0. The monoisotopic (exact) mass is 794 g/mol. The fraction of sp³-hybridized carbons (Fsp3) is 0.523. The van der Waals surface area contributed by atoms with Crippen molar-refractivity contribution in [3.63, 3.8) is 0 Å². The fourth-order valence-electron chi connectivity index (χ4n) is 8.56. The molecule has 3 saturated heterocycles. The Morgan fingerprint density at radius 3 is 1.48 bits per heavy atom. The molecule has 3 amide bonds. The lowest BCUT2D eigenvalue weighted by atomic mass is 10.0. The molecular weight excluding hydrogens is 737 g/mol. The highest BCUT2D eigenvalue weighted by molar-refractivity contribution is 5.87. The van der Waals surface area contributed by atoms with Crippen LogP contribution in [-0.4, -0.2) is 92.1 Å². The van der Waals surface area contributed by atoms with Gasteiger partial charge in [0.1, 0.15) is 17.7 Å². The number of H-pyrrole nitrogens is 2. The maximum absolute atomic E-state index is 14.0. The summed E-state index contributed by atoms with van der Waals surface area (Å²) in [5, 5.41) is 5.97. The number of amides is 3. The van der Waals surface area contributed by atoms with Crippen molar-refractivity contribution in [2.75, 3.05) is 13.9 Å². The summed E-state index contributed by atoms with van der Waals surface area (Å²) in [4.78, 5) is 60.6. The molecule has 0 aliphatic carbocycles. The van der Waals surface area contributed by atoms with Gasteiger partial charge in [0.2, 0.25) is 18.2 Å². The van der Waals surface area contributed by atoms with Gasteiger partial charge in [-0.15, -0.1) is 0 Å². The van der Waals surface area contributed by atoms with Gasteiger partial charge in [0.15, 0.2) is 6.79 Å². The number of imidazole rings is 2. The van der Waals surface area contributed by atoms with Crippen LogP contribution in [-0.2, 0) is 23.8 Å². The van der Waals surface area contributed by atoms with Crippen molar-refractivity contribution >= 4 is 17.9 Å². The lowest BCUT2D eigenvalue weighted by molar-refractivity contribution is -0.335. The van der Waals surface area contributed by atoms with E-state index in [1.165, 1.54) is 7.11 Å². The van der Waals surface area contributed by atoms with Gasteiger partial charge in [-0.25, -0.2) is 14.8 Å². The van der Waals surface area contributed by atoms with Crippen molar-refractivity contribution in [1.82, 2.24) is 40.4 Å². The molecule has 2 aromatic heterocycles. The molecule has 8 atom stereocenters. The van der Waals surface area contributed by atoms with Gasteiger partial charge in [0.25, 0.3) is 0 Å². The number of alkyl carbamates (subject to hydrolysis) is 1. The van der Waals surface area contributed by atoms with Crippen LogP contribution in [0, 0.1) is 23.7 Å². The van der Waals surface area contributed by atoms with Crippen molar-refractivity contribution in [2.24, 2.45) is 23.7 Å². The first-order chi connectivity index (χ1) is 27.7. The molecule has 0 radical (unpaired) electrons. The average molecular weight is 795 g/mol. The van der Waals surface area contributed by atoms with Crippen LogP contribution in [0.25, 0.3) is 33.6 Å². The third-order valence-electron chi connectivity index (χ3n) is 12.5. The standard InChI is InChI=1S/C44H58N8O6/c1-23(2)37(49-43(55)56-9)41(53)51-27(7)25(5)18-35(51)39-45-20-33(47-39)31-14-10-29(11-15-31)30-12-16-32(17-13-30)34-21-46-40(48-34)36-19-26(6)28(8)52(36)42(54)38(24(3)4)50-44-57-22-58-44/h10-17,20-21,23-28,35-38,44,50H,18-19,22H2,1-9H3,(H,45,47)(H,46,48)(H,49,55)/t25-,26-,27-,28-,35+,36+,37+,38+/m1/s1. The number of aromatic nitrogens is 4. The van der Waals surface area contributed by atoms with E-state index in [2.05, 4.69) is 96.8 Å². The molecule has 14 nitrogen and oxygen atoms in total.